The number of fused-ring (bicyclic) bond motifs is 2. The molecule has 148 valence electrons. The lowest BCUT2D eigenvalue weighted by Crippen LogP contribution is -2.25. The van der Waals surface area contributed by atoms with E-state index in [1.807, 2.05) is 0 Å². The zero-order valence-electron chi connectivity index (χ0n) is 14.4. The van der Waals surface area contributed by atoms with Gasteiger partial charge in [0, 0.05) is 17.8 Å². The van der Waals surface area contributed by atoms with Gasteiger partial charge in [0.25, 0.3) is 5.91 Å². The minimum atomic E-state index is -3.77. The molecule has 0 spiro atoms. The molecule has 0 aliphatic carbocycles. The van der Waals surface area contributed by atoms with Gasteiger partial charge in [-0.25, -0.2) is 4.79 Å². The Kier molecular flexibility index (Phi) is 4.38. The van der Waals surface area contributed by atoms with Crippen molar-refractivity contribution < 1.29 is 37.0 Å². The van der Waals surface area contributed by atoms with Gasteiger partial charge in [-0.15, -0.1) is 8.78 Å². The molecule has 0 atom stereocenters. The zero-order valence-corrected chi connectivity index (χ0v) is 14.4. The van der Waals surface area contributed by atoms with Gasteiger partial charge in [-0.2, -0.15) is 0 Å². The first-order valence-corrected chi connectivity index (χ1v) is 8.20. The molecule has 4 rings (SSSR count). The molecule has 2 aromatic carbocycles. The summed E-state index contributed by atoms with van der Waals surface area (Å²) in [5.74, 6) is -2.53. The Morgan fingerprint density at radius 3 is 2.62 bits per heavy atom. The SMILES string of the molecule is O=C(COC(=O)c1cc(=O)c2ccccc2o1)Nc1ccc2c(c1)OC(F)(F)O2. The number of nitrogens with one attached hydrogen (secondary N) is 1. The van der Waals surface area contributed by atoms with E-state index in [0.29, 0.717) is 5.39 Å². The van der Waals surface area contributed by atoms with E-state index in [-0.39, 0.29) is 28.5 Å². The highest BCUT2D eigenvalue weighted by molar-refractivity contribution is 5.95. The molecule has 1 amide bonds. The van der Waals surface area contributed by atoms with Gasteiger partial charge in [0.2, 0.25) is 5.76 Å². The topological polar surface area (TPSA) is 104 Å². The molecule has 10 heteroatoms. The summed E-state index contributed by atoms with van der Waals surface area (Å²) in [6, 6.07) is 11.0. The van der Waals surface area contributed by atoms with E-state index >= 15 is 0 Å². The van der Waals surface area contributed by atoms with Crippen LogP contribution in [0.5, 0.6) is 11.5 Å². The van der Waals surface area contributed by atoms with E-state index in [1.165, 1.54) is 18.2 Å². The molecule has 0 saturated carbocycles. The van der Waals surface area contributed by atoms with E-state index in [1.54, 1.807) is 18.2 Å². The Morgan fingerprint density at radius 2 is 1.79 bits per heavy atom. The molecule has 1 aliphatic rings. The Hall–Kier alpha value is -3.95. The number of benzene rings is 2. The number of para-hydroxylation sites is 1. The maximum atomic E-state index is 13.0. The summed E-state index contributed by atoms with van der Waals surface area (Å²) in [7, 11) is 0. The van der Waals surface area contributed by atoms with E-state index in [4.69, 9.17) is 9.15 Å². The maximum Gasteiger partial charge on any atom is 0.586 e. The molecular weight excluding hydrogens is 392 g/mol. The van der Waals surface area contributed by atoms with Crippen LogP contribution in [0.2, 0.25) is 0 Å². The van der Waals surface area contributed by atoms with Crippen LogP contribution in [0.15, 0.2) is 57.7 Å². The number of halogens is 2. The van der Waals surface area contributed by atoms with Crippen molar-refractivity contribution >= 4 is 28.5 Å². The molecule has 0 radical (unpaired) electrons. The minimum absolute atomic E-state index is 0.128. The van der Waals surface area contributed by atoms with Crippen LogP contribution < -0.4 is 20.2 Å². The van der Waals surface area contributed by atoms with Gasteiger partial charge in [0.15, 0.2) is 23.5 Å². The van der Waals surface area contributed by atoms with Crippen molar-refractivity contribution in [2.45, 2.75) is 6.29 Å². The standard InChI is InChI=1S/C19H11F2NO7/c20-19(21)28-14-6-5-10(7-15(14)29-19)22-17(24)9-26-18(25)16-8-12(23)11-3-1-2-4-13(11)27-16/h1-8H,9H2,(H,22,24). The first kappa shape index (κ1) is 18.4. The number of esters is 1. The van der Waals surface area contributed by atoms with E-state index in [0.717, 1.165) is 12.1 Å². The van der Waals surface area contributed by atoms with Crippen LogP contribution in [-0.2, 0) is 9.53 Å². The number of ether oxygens (including phenoxy) is 3. The molecule has 0 fully saturated rings. The third-order valence-corrected chi connectivity index (χ3v) is 3.86. The lowest BCUT2D eigenvalue weighted by Gasteiger charge is -2.07. The summed E-state index contributed by atoms with van der Waals surface area (Å²) >= 11 is 0. The first-order chi connectivity index (χ1) is 13.8. The van der Waals surface area contributed by atoms with Crippen LogP contribution in [0.4, 0.5) is 14.5 Å². The summed E-state index contributed by atoms with van der Waals surface area (Å²) < 4.78 is 44.7. The second-order valence-corrected chi connectivity index (χ2v) is 5.92. The smallest absolute Gasteiger partial charge is 0.450 e. The fourth-order valence-corrected chi connectivity index (χ4v) is 2.63. The molecular formula is C19H11F2NO7. The van der Waals surface area contributed by atoms with E-state index < -0.39 is 30.2 Å². The highest BCUT2D eigenvalue weighted by Gasteiger charge is 2.43. The van der Waals surface area contributed by atoms with Crippen molar-refractivity contribution in [3.63, 3.8) is 0 Å². The van der Waals surface area contributed by atoms with Gasteiger partial charge in [-0.1, -0.05) is 12.1 Å². The predicted molar refractivity (Wildman–Crippen MR) is 94.0 cm³/mol. The van der Waals surface area contributed by atoms with Gasteiger partial charge in [0.05, 0.1) is 5.39 Å². The van der Waals surface area contributed by atoms with Gasteiger partial charge in [-0.3, -0.25) is 9.59 Å². The number of carbonyl (C=O) groups is 2. The van der Waals surface area contributed by atoms with Gasteiger partial charge in [-0.05, 0) is 24.3 Å². The molecule has 2 heterocycles. The fourth-order valence-electron chi connectivity index (χ4n) is 2.63. The highest BCUT2D eigenvalue weighted by atomic mass is 19.3. The second-order valence-electron chi connectivity index (χ2n) is 5.92. The molecule has 3 aromatic rings. The third kappa shape index (κ3) is 3.86. The van der Waals surface area contributed by atoms with E-state index in [2.05, 4.69) is 14.8 Å². The average Bonchev–Trinajstić information content (AvgIpc) is 2.99. The molecule has 1 aliphatic heterocycles. The third-order valence-electron chi connectivity index (χ3n) is 3.86. The number of carbonyl (C=O) groups excluding carboxylic acids is 2. The fraction of sp³-hybridized carbons (Fsp3) is 0.105. The van der Waals surface area contributed by atoms with Gasteiger partial charge >= 0.3 is 12.3 Å². The number of hydrogen-bond donors (Lipinski definition) is 1. The van der Waals surface area contributed by atoms with Crippen molar-refractivity contribution in [1.82, 2.24) is 0 Å². The number of amides is 1. The lowest BCUT2D eigenvalue weighted by molar-refractivity contribution is -0.286. The summed E-state index contributed by atoms with van der Waals surface area (Å²) in [6.07, 6.45) is -3.77. The molecule has 1 N–H and O–H groups in total. The number of rotatable bonds is 4. The molecule has 29 heavy (non-hydrogen) atoms. The quantitative estimate of drug-likeness (QED) is 0.668. The summed E-state index contributed by atoms with van der Waals surface area (Å²) in [4.78, 5) is 36.0. The van der Waals surface area contributed by atoms with Crippen molar-refractivity contribution in [2.75, 3.05) is 11.9 Å². The predicted octanol–water partition coefficient (Wildman–Crippen LogP) is 2.91. The summed E-state index contributed by atoms with van der Waals surface area (Å²) in [6.45, 7) is -0.694. The molecule has 0 saturated heterocycles. The van der Waals surface area contributed by atoms with Crippen LogP contribution in [0.3, 0.4) is 0 Å². The summed E-state index contributed by atoms with van der Waals surface area (Å²) in [5, 5.41) is 2.66. The average molecular weight is 403 g/mol. The maximum absolute atomic E-state index is 13.0. The largest absolute Gasteiger partial charge is 0.586 e. The zero-order chi connectivity index (χ0) is 20.6. The van der Waals surface area contributed by atoms with Gasteiger partial charge < -0.3 is 23.9 Å². The van der Waals surface area contributed by atoms with Crippen LogP contribution in [0.25, 0.3) is 11.0 Å². The highest BCUT2D eigenvalue weighted by Crippen LogP contribution is 2.42. The first-order valence-electron chi connectivity index (χ1n) is 8.20. The molecule has 8 nitrogen and oxygen atoms in total. The van der Waals surface area contributed by atoms with Crippen LogP contribution in [0, 0.1) is 0 Å². The Balaban J connectivity index is 1.39. The van der Waals surface area contributed by atoms with Crippen LogP contribution >= 0.6 is 0 Å². The molecule has 0 unspecified atom stereocenters. The van der Waals surface area contributed by atoms with Crippen LogP contribution in [-0.4, -0.2) is 24.8 Å². The Morgan fingerprint density at radius 1 is 1.03 bits per heavy atom. The lowest BCUT2D eigenvalue weighted by atomic mass is 10.2. The van der Waals surface area contributed by atoms with Crippen molar-refractivity contribution in [3.8, 4) is 11.5 Å². The number of hydrogen-bond acceptors (Lipinski definition) is 7. The monoisotopic (exact) mass is 403 g/mol. The normalized spacial score (nSPS) is 13.9. The second kappa shape index (κ2) is 6.89. The van der Waals surface area contributed by atoms with Crippen molar-refractivity contribution in [3.05, 3.63) is 64.5 Å². The Labute approximate surface area is 160 Å². The number of alkyl halides is 2. The molecule has 0 bridgehead atoms. The molecule has 1 aromatic heterocycles. The Bertz CT molecular complexity index is 1190. The van der Waals surface area contributed by atoms with Crippen molar-refractivity contribution in [1.29, 1.82) is 0 Å². The number of anilines is 1. The minimum Gasteiger partial charge on any atom is -0.450 e. The van der Waals surface area contributed by atoms with E-state index in [9.17, 15) is 23.2 Å². The van der Waals surface area contributed by atoms with Crippen molar-refractivity contribution in [2.24, 2.45) is 0 Å². The van der Waals surface area contributed by atoms with Crippen LogP contribution in [0.1, 0.15) is 10.6 Å². The van der Waals surface area contributed by atoms with Gasteiger partial charge in [0.1, 0.15) is 5.58 Å². The summed E-state index contributed by atoms with van der Waals surface area (Å²) in [5.41, 5.74) is -0.0997.